The highest BCUT2D eigenvalue weighted by molar-refractivity contribution is 6.79. The topological polar surface area (TPSA) is 0 Å². The van der Waals surface area contributed by atoms with Crippen molar-refractivity contribution in [2.24, 2.45) is 0 Å². The third-order valence-electron chi connectivity index (χ3n) is 2.45. The van der Waals surface area contributed by atoms with Crippen LogP contribution in [-0.4, -0.2) is 8.07 Å². The lowest BCUT2D eigenvalue weighted by molar-refractivity contribution is 0.935. The molecular weight excluding hydrogens is 124 g/mol. The molecule has 0 saturated carbocycles. The molecule has 1 aliphatic rings. The molecule has 0 aromatic rings. The van der Waals surface area contributed by atoms with Crippen LogP contribution in [0.5, 0.6) is 0 Å². The third kappa shape index (κ3) is 1.68. The molecule has 0 atom stereocenters. The maximum Gasteiger partial charge on any atom is 0.0542 e. The average molecular weight is 140 g/mol. The van der Waals surface area contributed by atoms with E-state index in [0.29, 0.717) is 0 Å². The van der Waals surface area contributed by atoms with Gasteiger partial charge in [-0.1, -0.05) is 37.6 Å². The number of rotatable bonds is 2. The van der Waals surface area contributed by atoms with Gasteiger partial charge in [-0.15, -0.1) is 6.58 Å². The highest BCUT2D eigenvalue weighted by atomic mass is 28.3. The van der Waals surface area contributed by atoms with Gasteiger partial charge in [0.05, 0.1) is 8.07 Å². The summed E-state index contributed by atoms with van der Waals surface area (Å²) in [6, 6.07) is 4.46. The van der Waals surface area contributed by atoms with Gasteiger partial charge in [0.1, 0.15) is 0 Å². The predicted octanol–water partition coefficient (Wildman–Crippen LogP) is 3.04. The van der Waals surface area contributed by atoms with E-state index in [1.165, 1.54) is 18.9 Å². The standard InChI is InChI=1S/C8H16Si/c1-3-6-9(2)7-4-5-8-9/h3H,1,4-8H2,2H3. The second-order valence-electron chi connectivity index (χ2n) is 3.51. The molecule has 1 heterocycles. The average Bonchev–Trinajstić information content (AvgIpc) is 2.16. The first-order valence-corrected chi connectivity index (χ1v) is 7.00. The molecule has 0 spiro atoms. The van der Waals surface area contributed by atoms with Gasteiger partial charge >= 0.3 is 0 Å². The van der Waals surface area contributed by atoms with Crippen molar-refractivity contribution in [3.63, 3.8) is 0 Å². The molecule has 0 aliphatic carbocycles. The summed E-state index contributed by atoms with van der Waals surface area (Å²) in [5.74, 6) is 0. The minimum absolute atomic E-state index is 0.704. The lowest BCUT2D eigenvalue weighted by Crippen LogP contribution is -2.23. The van der Waals surface area contributed by atoms with Gasteiger partial charge in [0.2, 0.25) is 0 Å². The Morgan fingerprint density at radius 1 is 1.44 bits per heavy atom. The van der Waals surface area contributed by atoms with Gasteiger partial charge < -0.3 is 0 Å². The third-order valence-corrected chi connectivity index (χ3v) is 6.84. The van der Waals surface area contributed by atoms with Crippen LogP contribution in [0.4, 0.5) is 0 Å². The zero-order valence-corrected chi connectivity index (χ0v) is 7.32. The zero-order chi connectivity index (χ0) is 6.74. The molecule has 1 saturated heterocycles. The molecule has 0 nitrogen and oxygen atoms in total. The Balaban J connectivity index is 2.40. The Hall–Kier alpha value is -0.0431. The highest BCUT2D eigenvalue weighted by Crippen LogP contribution is 2.32. The van der Waals surface area contributed by atoms with Crippen LogP contribution >= 0.6 is 0 Å². The molecule has 0 unspecified atom stereocenters. The van der Waals surface area contributed by atoms with Crippen LogP contribution in [0.25, 0.3) is 0 Å². The largest absolute Gasteiger partial charge is 0.103 e. The van der Waals surface area contributed by atoms with Crippen molar-refractivity contribution in [2.45, 2.75) is 37.5 Å². The number of hydrogen-bond donors (Lipinski definition) is 0. The van der Waals surface area contributed by atoms with Gasteiger partial charge in [-0.25, -0.2) is 0 Å². The molecule has 0 aromatic heterocycles. The fourth-order valence-electron chi connectivity index (χ4n) is 1.78. The Kier molecular flexibility index (Phi) is 2.12. The van der Waals surface area contributed by atoms with E-state index in [4.69, 9.17) is 0 Å². The molecule has 0 radical (unpaired) electrons. The molecule has 1 rings (SSSR count). The first kappa shape index (κ1) is 7.07. The summed E-state index contributed by atoms with van der Waals surface area (Å²) in [5.41, 5.74) is 0. The van der Waals surface area contributed by atoms with Crippen LogP contribution in [0, 0.1) is 0 Å². The van der Waals surface area contributed by atoms with Gasteiger partial charge in [-0.3, -0.25) is 0 Å². The van der Waals surface area contributed by atoms with Gasteiger partial charge in [0.25, 0.3) is 0 Å². The SMILES string of the molecule is C=CC[Si]1(C)CCCC1. The Labute approximate surface area is 59.0 Å². The van der Waals surface area contributed by atoms with Crippen molar-refractivity contribution < 1.29 is 0 Å². The van der Waals surface area contributed by atoms with Crippen LogP contribution in [0.1, 0.15) is 12.8 Å². The molecule has 0 N–H and O–H groups in total. The second kappa shape index (κ2) is 2.69. The first-order valence-electron chi connectivity index (χ1n) is 3.88. The van der Waals surface area contributed by atoms with Crippen LogP contribution < -0.4 is 0 Å². The van der Waals surface area contributed by atoms with Crippen molar-refractivity contribution >= 4 is 8.07 Å². The fourth-order valence-corrected chi connectivity index (χ4v) is 5.34. The Bertz CT molecular complexity index is 101. The summed E-state index contributed by atoms with van der Waals surface area (Å²) in [7, 11) is -0.704. The van der Waals surface area contributed by atoms with Crippen LogP contribution in [0.2, 0.25) is 24.7 Å². The molecule has 9 heavy (non-hydrogen) atoms. The Morgan fingerprint density at radius 3 is 2.44 bits per heavy atom. The van der Waals surface area contributed by atoms with Crippen LogP contribution in [0.15, 0.2) is 12.7 Å². The smallest absolute Gasteiger partial charge is 0.0542 e. The van der Waals surface area contributed by atoms with E-state index in [1.807, 2.05) is 0 Å². The predicted molar refractivity (Wildman–Crippen MR) is 45.5 cm³/mol. The summed E-state index contributed by atoms with van der Waals surface area (Å²) < 4.78 is 0. The molecule has 1 aliphatic heterocycles. The van der Waals surface area contributed by atoms with Crippen molar-refractivity contribution in [3.8, 4) is 0 Å². The van der Waals surface area contributed by atoms with Crippen LogP contribution in [0.3, 0.4) is 0 Å². The summed E-state index contributed by atoms with van der Waals surface area (Å²) >= 11 is 0. The molecule has 0 bridgehead atoms. The van der Waals surface area contributed by atoms with E-state index >= 15 is 0 Å². The van der Waals surface area contributed by atoms with Gasteiger partial charge in [0.15, 0.2) is 0 Å². The fraction of sp³-hybridized carbons (Fsp3) is 0.750. The van der Waals surface area contributed by atoms with E-state index in [-0.39, 0.29) is 0 Å². The first-order chi connectivity index (χ1) is 4.27. The second-order valence-corrected chi connectivity index (χ2v) is 8.54. The summed E-state index contributed by atoms with van der Waals surface area (Å²) in [6.07, 6.45) is 5.12. The minimum Gasteiger partial charge on any atom is -0.103 e. The summed E-state index contributed by atoms with van der Waals surface area (Å²) in [6.45, 7) is 6.32. The molecule has 1 heteroatoms. The van der Waals surface area contributed by atoms with E-state index in [0.717, 1.165) is 0 Å². The lowest BCUT2D eigenvalue weighted by atomic mass is 10.4. The molecule has 1 fully saturated rings. The normalized spacial score (nSPS) is 24.1. The maximum absolute atomic E-state index is 3.80. The molecular formula is C8H16Si. The zero-order valence-electron chi connectivity index (χ0n) is 6.32. The lowest BCUT2D eigenvalue weighted by Gasteiger charge is -2.17. The minimum atomic E-state index is -0.704. The van der Waals surface area contributed by atoms with Gasteiger partial charge in [-0.05, 0) is 6.04 Å². The maximum atomic E-state index is 3.80. The molecule has 0 amide bonds. The van der Waals surface area contributed by atoms with Crippen molar-refractivity contribution in [1.82, 2.24) is 0 Å². The number of allylic oxidation sites excluding steroid dienone is 1. The van der Waals surface area contributed by atoms with E-state index in [2.05, 4.69) is 19.2 Å². The number of hydrogen-bond acceptors (Lipinski definition) is 0. The van der Waals surface area contributed by atoms with Crippen molar-refractivity contribution in [1.29, 1.82) is 0 Å². The molecule has 0 aromatic carbocycles. The molecule has 52 valence electrons. The van der Waals surface area contributed by atoms with E-state index in [1.54, 1.807) is 12.1 Å². The van der Waals surface area contributed by atoms with Crippen molar-refractivity contribution in [3.05, 3.63) is 12.7 Å². The summed E-state index contributed by atoms with van der Waals surface area (Å²) in [5, 5.41) is 0. The van der Waals surface area contributed by atoms with E-state index in [9.17, 15) is 0 Å². The van der Waals surface area contributed by atoms with Crippen LogP contribution in [-0.2, 0) is 0 Å². The highest BCUT2D eigenvalue weighted by Gasteiger charge is 2.28. The monoisotopic (exact) mass is 140 g/mol. The van der Waals surface area contributed by atoms with Gasteiger partial charge in [0, 0.05) is 0 Å². The van der Waals surface area contributed by atoms with Crippen molar-refractivity contribution in [2.75, 3.05) is 0 Å². The Morgan fingerprint density at radius 2 is 2.00 bits per heavy atom. The van der Waals surface area contributed by atoms with E-state index < -0.39 is 8.07 Å². The summed E-state index contributed by atoms with van der Waals surface area (Å²) in [4.78, 5) is 0. The quantitative estimate of drug-likeness (QED) is 0.408. The van der Waals surface area contributed by atoms with Gasteiger partial charge in [-0.2, -0.15) is 0 Å².